The second-order valence-corrected chi connectivity index (χ2v) is 4.76. The highest BCUT2D eigenvalue weighted by atomic mass is 15.2. The van der Waals surface area contributed by atoms with Crippen LogP contribution < -0.4 is 0 Å². The Morgan fingerprint density at radius 3 is 1.53 bits per heavy atom. The van der Waals surface area contributed by atoms with Crippen LogP contribution >= 0.6 is 0 Å². The maximum Gasteiger partial charge on any atom is 0.0107 e. The van der Waals surface area contributed by atoms with Gasteiger partial charge in [-0.1, -0.05) is 13.3 Å². The van der Waals surface area contributed by atoms with Crippen LogP contribution in [-0.2, 0) is 0 Å². The van der Waals surface area contributed by atoms with E-state index in [2.05, 4.69) is 49.8 Å². The number of hydrogen-bond acceptors (Lipinski definition) is 3. The zero-order valence-electron chi connectivity index (χ0n) is 11.3. The number of hydrogen-bond donors (Lipinski definition) is 0. The van der Waals surface area contributed by atoms with Crippen molar-refractivity contribution in [2.45, 2.75) is 19.8 Å². The molecule has 1 saturated heterocycles. The summed E-state index contributed by atoms with van der Waals surface area (Å²) in [6, 6.07) is 0. The van der Waals surface area contributed by atoms with Gasteiger partial charge in [0.15, 0.2) is 0 Å². The Morgan fingerprint density at radius 1 is 0.933 bits per heavy atom. The molecule has 3 nitrogen and oxygen atoms in total. The van der Waals surface area contributed by atoms with Gasteiger partial charge in [-0.25, -0.2) is 0 Å². The van der Waals surface area contributed by atoms with E-state index < -0.39 is 0 Å². The topological polar surface area (TPSA) is 9.72 Å². The maximum absolute atomic E-state index is 2.36. The molecule has 0 aromatic heterocycles. The van der Waals surface area contributed by atoms with E-state index >= 15 is 0 Å². The highest BCUT2D eigenvalue weighted by Crippen LogP contribution is 1.93. The van der Waals surface area contributed by atoms with Gasteiger partial charge in [-0.2, -0.15) is 0 Å². The van der Waals surface area contributed by atoms with Crippen LogP contribution in [0.5, 0.6) is 0 Å². The highest BCUT2D eigenvalue weighted by Gasteiger charge is 2.07. The standard InChI is InChI=1S/C6H14N2.C6H15N/c1-7-3-5-8(2)6-4-7;1-4-5-6-7(2)3/h3-6H2,1-2H3;4-6H2,1-3H3. The zero-order chi connectivity index (χ0) is 11.7. The molecule has 0 aliphatic carbocycles. The summed E-state index contributed by atoms with van der Waals surface area (Å²) in [6.45, 7) is 8.38. The zero-order valence-corrected chi connectivity index (χ0v) is 11.3. The van der Waals surface area contributed by atoms with Crippen molar-refractivity contribution in [3.63, 3.8) is 0 Å². The molecule has 0 radical (unpaired) electrons. The summed E-state index contributed by atoms with van der Waals surface area (Å²) in [5.74, 6) is 0. The molecule has 3 heteroatoms. The summed E-state index contributed by atoms with van der Waals surface area (Å²) in [5.41, 5.74) is 0. The van der Waals surface area contributed by atoms with Gasteiger partial charge in [0, 0.05) is 26.2 Å². The summed E-state index contributed by atoms with van der Waals surface area (Å²) >= 11 is 0. The minimum absolute atomic E-state index is 1.23. The predicted octanol–water partition coefficient (Wildman–Crippen LogP) is 1.21. The first-order valence-corrected chi connectivity index (χ1v) is 6.08. The normalized spacial score (nSPS) is 18.8. The summed E-state index contributed by atoms with van der Waals surface area (Å²) in [7, 11) is 8.56. The molecule has 1 rings (SSSR count). The lowest BCUT2D eigenvalue weighted by Crippen LogP contribution is -2.42. The number of rotatable bonds is 3. The van der Waals surface area contributed by atoms with Crippen molar-refractivity contribution >= 4 is 0 Å². The van der Waals surface area contributed by atoms with Gasteiger partial charge >= 0.3 is 0 Å². The Morgan fingerprint density at radius 2 is 1.33 bits per heavy atom. The Kier molecular flexibility index (Phi) is 9.06. The van der Waals surface area contributed by atoms with Gasteiger partial charge in [0.25, 0.3) is 0 Å². The molecule has 0 spiro atoms. The van der Waals surface area contributed by atoms with Crippen LogP contribution in [-0.4, -0.2) is 75.6 Å². The van der Waals surface area contributed by atoms with E-state index in [1.807, 2.05) is 0 Å². The Balaban J connectivity index is 0.000000265. The first-order valence-electron chi connectivity index (χ1n) is 6.08. The molecule has 0 bridgehead atoms. The number of piperazine rings is 1. The van der Waals surface area contributed by atoms with Crippen LogP contribution in [0.1, 0.15) is 19.8 Å². The third kappa shape index (κ3) is 10.2. The molecule has 0 N–H and O–H groups in total. The van der Waals surface area contributed by atoms with E-state index in [0.29, 0.717) is 0 Å². The van der Waals surface area contributed by atoms with Crippen molar-refractivity contribution in [3.8, 4) is 0 Å². The van der Waals surface area contributed by atoms with Crippen molar-refractivity contribution in [2.75, 3.05) is 60.9 Å². The van der Waals surface area contributed by atoms with Crippen LogP contribution in [0.15, 0.2) is 0 Å². The highest BCUT2D eigenvalue weighted by molar-refractivity contribution is 4.64. The average Bonchev–Trinajstić information content (AvgIpc) is 2.20. The summed E-state index contributed by atoms with van der Waals surface area (Å²) in [4.78, 5) is 6.93. The van der Waals surface area contributed by atoms with Crippen molar-refractivity contribution in [2.24, 2.45) is 0 Å². The average molecular weight is 215 g/mol. The minimum Gasteiger partial charge on any atom is -0.309 e. The van der Waals surface area contributed by atoms with Gasteiger partial charge in [0.05, 0.1) is 0 Å². The van der Waals surface area contributed by atoms with Crippen LogP contribution in [0.4, 0.5) is 0 Å². The number of nitrogens with zero attached hydrogens (tertiary/aromatic N) is 3. The SMILES string of the molecule is CCCCN(C)C.CN1CCN(C)CC1. The smallest absolute Gasteiger partial charge is 0.0107 e. The minimum atomic E-state index is 1.23. The molecule has 1 aliphatic heterocycles. The second-order valence-electron chi connectivity index (χ2n) is 4.76. The van der Waals surface area contributed by atoms with Crippen molar-refractivity contribution in [3.05, 3.63) is 0 Å². The molecule has 1 heterocycles. The van der Waals surface area contributed by atoms with Gasteiger partial charge in [-0.3, -0.25) is 0 Å². The summed E-state index contributed by atoms with van der Waals surface area (Å²) in [6.07, 6.45) is 2.63. The third-order valence-electron chi connectivity index (χ3n) is 2.69. The fourth-order valence-electron chi connectivity index (χ4n) is 1.38. The fourth-order valence-corrected chi connectivity index (χ4v) is 1.38. The Labute approximate surface area is 96.0 Å². The van der Waals surface area contributed by atoms with Gasteiger partial charge < -0.3 is 14.7 Å². The fraction of sp³-hybridized carbons (Fsp3) is 1.00. The molecule has 0 atom stereocenters. The first kappa shape index (κ1) is 14.9. The number of likely N-dealkylation sites (N-methyl/N-ethyl adjacent to an activating group) is 2. The quantitative estimate of drug-likeness (QED) is 0.701. The lowest BCUT2D eigenvalue weighted by molar-refractivity contribution is 0.181. The monoisotopic (exact) mass is 215 g/mol. The van der Waals surface area contributed by atoms with Gasteiger partial charge in [0.2, 0.25) is 0 Å². The molecule has 92 valence electrons. The van der Waals surface area contributed by atoms with Crippen LogP contribution in [0.2, 0.25) is 0 Å². The Bertz CT molecular complexity index is 119. The molecular weight excluding hydrogens is 186 g/mol. The molecule has 15 heavy (non-hydrogen) atoms. The summed E-state index contributed by atoms with van der Waals surface area (Å²) < 4.78 is 0. The molecule has 0 aromatic rings. The van der Waals surface area contributed by atoms with Crippen LogP contribution in [0, 0.1) is 0 Å². The summed E-state index contributed by atoms with van der Waals surface area (Å²) in [5, 5.41) is 0. The maximum atomic E-state index is 2.36. The van der Waals surface area contributed by atoms with Crippen molar-refractivity contribution in [1.82, 2.24) is 14.7 Å². The van der Waals surface area contributed by atoms with Crippen molar-refractivity contribution < 1.29 is 0 Å². The van der Waals surface area contributed by atoms with E-state index in [9.17, 15) is 0 Å². The second kappa shape index (κ2) is 9.13. The predicted molar refractivity (Wildman–Crippen MR) is 68.5 cm³/mol. The molecule has 0 amide bonds. The van der Waals surface area contributed by atoms with E-state index in [1.165, 1.54) is 45.6 Å². The van der Waals surface area contributed by atoms with E-state index in [-0.39, 0.29) is 0 Å². The lowest BCUT2D eigenvalue weighted by atomic mass is 10.3. The molecule has 0 unspecified atom stereocenters. The van der Waals surface area contributed by atoms with E-state index in [1.54, 1.807) is 0 Å². The van der Waals surface area contributed by atoms with Crippen molar-refractivity contribution in [1.29, 1.82) is 0 Å². The van der Waals surface area contributed by atoms with E-state index in [0.717, 1.165) is 0 Å². The molecule has 1 aliphatic rings. The van der Waals surface area contributed by atoms with Crippen LogP contribution in [0.25, 0.3) is 0 Å². The molecule has 1 fully saturated rings. The molecule has 0 aromatic carbocycles. The number of unbranched alkanes of at least 4 members (excludes halogenated alkanes) is 1. The molecule has 0 saturated carbocycles. The van der Waals surface area contributed by atoms with E-state index in [4.69, 9.17) is 0 Å². The lowest BCUT2D eigenvalue weighted by Gasteiger charge is -2.28. The van der Waals surface area contributed by atoms with Gasteiger partial charge in [-0.15, -0.1) is 0 Å². The largest absolute Gasteiger partial charge is 0.309 e. The third-order valence-corrected chi connectivity index (χ3v) is 2.69. The Hall–Kier alpha value is -0.120. The molecular formula is C12H29N3. The first-order chi connectivity index (χ1) is 7.06. The van der Waals surface area contributed by atoms with Gasteiger partial charge in [0.1, 0.15) is 0 Å². The van der Waals surface area contributed by atoms with Gasteiger partial charge in [-0.05, 0) is 41.2 Å². The van der Waals surface area contributed by atoms with Crippen LogP contribution in [0.3, 0.4) is 0 Å².